The number of hydrogen-bond donors (Lipinski definition) is 1. The predicted octanol–water partition coefficient (Wildman–Crippen LogP) is 2.85. The average molecular weight is 270 g/mol. The minimum absolute atomic E-state index is 0.448. The van der Waals surface area contributed by atoms with E-state index in [1.54, 1.807) is 7.11 Å². The zero-order chi connectivity index (χ0) is 14.2. The van der Waals surface area contributed by atoms with Crippen LogP contribution in [0.1, 0.15) is 17.7 Å². The molecule has 0 saturated carbocycles. The molecule has 2 rings (SSSR count). The molecule has 1 N–H and O–H groups in total. The van der Waals surface area contributed by atoms with Gasteiger partial charge in [0.2, 0.25) is 0 Å². The molecule has 1 heterocycles. The first-order valence-corrected chi connectivity index (χ1v) is 7.02. The van der Waals surface area contributed by atoms with Crippen LogP contribution in [0.3, 0.4) is 0 Å². The second-order valence-corrected chi connectivity index (χ2v) is 4.90. The lowest BCUT2D eigenvalue weighted by atomic mass is 10.0. The third-order valence-corrected chi connectivity index (χ3v) is 3.50. The molecule has 20 heavy (non-hydrogen) atoms. The van der Waals surface area contributed by atoms with Crippen LogP contribution in [0.25, 0.3) is 0 Å². The van der Waals surface area contributed by atoms with Crippen molar-refractivity contribution in [2.45, 2.75) is 25.3 Å². The first-order chi connectivity index (χ1) is 9.81. The SMILES string of the molecule is CNC(CCc1ccccn1)Cc1cccc(OC)c1. The Morgan fingerprint density at radius 2 is 2.10 bits per heavy atom. The molecule has 2 aromatic rings. The van der Waals surface area contributed by atoms with Crippen LogP contribution in [0.5, 0.6) is 5.75 Å². The van der Waals surface area contributed by atoms with Gasteiger partial charge >= 0.3 is 0 Å². The van der Waals surface area contributed by atoms with E-state index < -0.39 is 0 Å². The van der Waals surface area contributed by atoms with E-state index in [0.717, 1.165) is 30.7 Å². The normalized spacial score (nSPS) is 12.1. The number of hydrogen-bond acceptors (Lipinski definition) is 3. The minimum Gasteiger partial charge on any atom is -0.497 e. The summed E-state index contributed by atoms with van der Waals surface area (Å²) < 4.78 is 5.27. The Morgan fingerprint density at radius 1 is 1.20 bits per heavy atom. The maximum Gasteiger partial charge on any atom is 0.119 e. The van der Waals surface area contributed by atoms with E-state index in [2.05, 4.69) is 28.5 Å². The molecular formula is C17H22N2O. The van der Waals surface area contributed by atoms with Crippen LogP contribution in [-0.4, -0.2) is 25.2 Å². The van der Waals surface area contributed by atoms with Gasteiger partial charge in [-0.1, -0.05) is 18.2 Å². The molecule has 0 bridgehead atoms. The van der Waals surface area contributed by atoms with Crippen LogP contribution in [-0.2, 0) is 12.8 Å². The second kappa shape index (κ2) is 7.65. The summed E-state index contributed by atoms with van der Waals surface area (Å²) in [6, 6.07) is 14.8. The Labute approximate surface area is 121 Å². The van der Waals surface area contributed by atoms with Crippen molar-refractivity contribution in [1.29, 1.82) is 0 Å². The summed E-state index contributed by atoms with van der Waals surface area (Å²) in [6.07, 6.45) is 4.92. The summed E-state index contributed by atoms with van der Waals surface area (Å²) >= 11 is 0. The van der Waals surface area contributed by atoms with Crippen molar-refractivity contribution in [1.82, 2.24) is 10.3 Å². The smallest absolute Gasteiger partial charge is 0.119 e. The van der Waals surface area contributed by atoms with E-state index in [-0.39, 0.29) is 0 Å². The maximum atomic E-state index is 5.27. The summed E-state index contributed by atoms with van der Waals surface area (Å²) in [7, 11) is 3.72. The first kappa shape index (κ1) is 14.5. The van der Waals surface area contributed by atoms with Gasteiger partial charge in [0, 0.05) is 17.9 Å². The van der Waals surface area contributed by atoms with E-state index in [9.17, 15) is 0 Å². The molecule has 0 spiro atoms. The Bertz CT molecular complexity index is 513. The number of aryl methyl sites for hydroxylation is 1. The zero-order valence-electron chi connectivity index (χ0n) is 12.2. The zero-order valence-corrected chi connectivity index (χ0v) is 12.2. The lowest BCUT2D eigenvalue weighted by Crippen LogP contribution is -2.28. The van der Waals surface area contributed by atoms with Gasteiger partial charge in [-0.3, -0.25) is 4.98 Å². The van der Waals surface area contributed by atoms with Crippen molar-refractivity contribution in [3.8, 4) is 5.75 Å². The monoisotopic (exact) mass is 270 g/mol. The van der Waals surface area contributed by atoms with Crippen LogP contribution in [0.2, 0.25) is 0 Å². The number of aromatic nitrogens is 1. The third-order valence-electron chi connectivity index (χ3n) is 3.50. The molecule has 3 nitrogen and oxygen atoms in total. The van der Waals surface area contributed by atoms with Crippen LogP contribution < -0.4 is 10.1 Å². The molecule has 0 aliphatic heterocycles. The maximum absolute atomic E-state index is 5.27. The standard InChI is InChI=1S/C17H22N2O/c1-18-16(10-9-15-7-3-4-11-19-15)12-14-6-5-8-17(13-14)20-2/h3-8,11,13,16,18H,9-10,12H2,1-2H3. The molecule has 1 unspecified atom stereocenters. The lowest BCUT2D eigenvalue weighted by molar-refractivity contribution is 0.413. The molecule has 1 aromatic carbocycles. The van der Waals surface area contributed by atoms with E-state index in [1.165, 1.54) is 5.56 Å². The summed E-state index contributed by atoms with van der Waals surface area (Å²) in [5.41, 5.74) is 2.45. The highest BCUT2D eigenvalue weighted by Gasteiger charge is 2.08. The Hall–Kier alpha value is -1.87. The van der Waals surface area contributed by atoms with Crippen LogP contribution in [0.4, 0.5) is 0 Å². The number of nitrogens with one attached hydrogen (secondary N) is 1. The van der Waals surface area contributed by atoms with Crippen molar-refractivity contribution >= 4 is 0 Å². The highest BCUT2D eigenvalue weighted by Crippen LogP contribution is 2.15. The fourth-order valence-electron chi connectivity index (χ4n) is 2.30. The number of pyridine rings is 1. The summed E-state index contributed by atoms with van der Waals surface area (Å²) in [5.74, 6) is 0.919. The molecule has 0 aliphatic rings. The molecule has 1 aromatic heterocycles. The number of benzene rings is 1. The highest BCUT2D eigenvalue weighted by molar-refractivity contribution is 5.29. The predicted molar refractivity (Wildman–Crippen MR) is 82.1 cm³/mol. The molecule has 0 aliphatic carbocycles. The molecule has 3 heteroatoms. The number of rotatable bonds is 7. The van der Waals surface area contributed by atoms with Crippen LogP contribution in [0.15, 0.2) is 48.7 Å². The molecule has 0 fully saturated rings. The first-order valence-electron chi connectivity index (χ1n) is 7.02. The van der Waals surface area contributed by atoms with Gasteiger partial charge in [0.15, 0.2) is 0 Å². The van der Waals surface area contributed by atoms with Crippen molar-refractivity contribution in [2.24, 2.45) is 0 Å². The van der Waals surface area contributed by atoms with Gasteiger partial charge in [-0.15, -0.1) is 0 Å². The van der Waals surface area contributed by atoms with E-state index >= 15 is 0 Å². The van der Waals surface area contributed by atoms with E-state index in [4.69, 9.17) is 4.74 Å². The molecule has 0 amide bonds. The summed E-state index contributed by atoms with van der Waals surface area (Å²) in [6.45, 7) is 0. The molecule has 0 radical (unpaired) electrons. The lowest BCUT2D eigenvalue weighted by Gasteiger charge is -2.16. The third kappa shape index (κ3) is 4.35. The van der Waals surface area contributed by atoms with Gasteiger partial charge in [-0.05, 0) is 56.1 Å². The second-order valence-electron chi connectivity index (χ2n) is 4.90. The topological polar surface area (TPSA) is 34.2 Å². The van der Waals surface area contributed by atoms with E-state index in [0.29, 0.717) is 6.04 Å². The summed E-state index contributed by atoms with van der Waals surface area (Å²) in [4.78, 5) is 4.37. The molecule has 106 valence electrons. The van der Waals surface area contributed by atoms with Crippen molar-refractivity contribution in [3.05, 3.63) is 59.9 Å². The van der Waals surface area contributed by atoms with Crippen molar-refractivity contribution in [2.75, 3.05) is 14.2 Å². The van der Waals surface area contributed by atoms with Crippen molar-refractivity contribution < 1.29 is 4.74 Å². The quantitative estimate of drug-likeness (QED) is 0.840. The Kier molecular flexibility index (Phi) is 5.56. The molecule has 0 saturated heterocycles. The van der Waals surface area contributed by atoms with Crippen molar-refractivity contribution in [3.63, 3.8) is 0 Å². The largest absolute Gasteiger partial charge is 0.497 e. The fraction of sp³-hybridized carbons (Fsp3) is 0.353. The molecular weight excluding hydrogens is 248 g/mol. The fourth-order valence-corrected chi connectivity index (χ4v) is 2.30. The van der Waals surface area contributed by atoms with E-state index in [1.807, 2.05) is 37.5 Å². The van der Waals surface area contributed by atoms with Gasteiger partial charge in [0.25, 0.3) is 0 Å². The van der Waals surface area contributed by atoms with Gasteiger partial charge in [0.05, 0.1) is 7.11 Å². The molecule has 1 atom stereocenters. The number of ether oxygens (including phenoxy) is 1. The van der Waals surface area contributed by atoms with Gasteiger partial charge < -0.3 is 10.1 Å². The number of likely N-dealkylation sites (N-methyl/N-ethyl adjacent to an activating group) is 1. The average Bonchev–Trinajstić information content (AvgIpc) is 2.52. The Balaban J connectivity index is 1.91. The summed E-state index contributed by atoms with van der Waals surface area (Å²) in [5, 5.41) is 3.39. The number of nitrogens with zero attached hydrogens (tertiary/aromatic N) is 1. The van der Waals surface area contributed by atoms with Crippen LogP contribution >= 0.6 is 0 Å². The van der Waals surface area contributed by atoms with Crippen LogP contribution in [0, 0.1) is 0 Å². The Morgan fingerprint density at radius 3 is 2.80 bits per heavy atom. The highest BCUT2D eigenvalue weighted by atomic mass is 16.5. The van der Waals surface area contributed by atoms with Gasteiger partial charge in [0.1, 0.15) is 5.75 Å². The number of methoxy groups -OCH3 is 1. The van der Waals surface area contributed by atoms with Gasteiger partial charge in [-0.2, -0.15) is 0 Å². The minimum atomic E-state index is 0.448. The van der Waals surface area contributed by atoms with Gasteiger partial charge in [-0.25, -0.2) is 0 Å².